The predicted octanol–water partition coefficient (Wildman–Crippen LogP) is 3.10. The van der Waals surface area contributed by atoms with Crippen molar-refractivity contribution >= 4 is 11.7 Å². The Morgan fingerprint density at radius 1 is 1.30 bits per heavy atom. The lowest BCUT2D eigenvalue weighted by molar-refractivity contribution is 0.0820. The summed E-state index contributed by atoms with van der Waals surface area (Å²) < 4.78 is 5.83. The van der Waals surface area contributed by atoms with Gasteiger partial charge in [0.05, 0.1) is 18.4 Å². The van der Waals surface area contributed by atoms with E-state index in [-0.39, 0.29) is 12.1 Å². The summed E-state index contributed by atoms with van der Waals surface area (Å²) in [5.74, 6) is 1.72. The van der Waals surface area contributed by atoms with Crippen molar-refractivity contribution in [1.29, 1.82) is 0 Å². The van der Waals surface area contributed by atoms with Gasteiger partial charge in [-0.25, -0.2) is 4.79 Å². The first-order valence-electron chi connectivity index (χ1n) is 8.59. The highest BCUT2D eigenvalue weighted by Crippen LogP contribution is 2.32. The molecule has 0 spiro atoms. The van der Waals surface area contributed by atoms with Gasteiger partial charge in [0.2, 0.25) is 0 Å². The van der Waals surface area contributed by atoms with Crippen molar-refractivity contribution < 1.29 is 14.6 Å². The molecular formula is C18H26N2O3. The van der Waals surface area contributed by atoms with Gasteiger partial charge >= 0.3 is 6.03 Å². The van der Waals surface area contributed by atoms with Crippen LogP contribution in [0.5, 0.6) is 5.75 Å². The number of aliphatic hydroxyl groups excluding tert-OH is 1. The molecule has 0 radical (unpaired) electrons. The maximum Gasteiger partial charge on any atom is 0.321 e. The smallest absolute Gasteiger partial charge is 0.321 e. The van der Waals surface area contributed by atoms with E-state index >= 15 is 0 Å². The number of para-hydroxylation sites is 2. The van der Waals surface area contributed by atoms with Gasteiger partial charge < -0.3 is 20.1 Å². The molecule has 5 heteroatoms. The Bertz CT molecular complexity index is 535. The maximum absolute atomic E-state index is 12.4. The molecule has 1 heterocycles. The van der Waals surface area contributed by atoms with Crippen LogP contribution in [-0.2, 0) is 0 Å². The third kappa shape index (κ3) is 4.38. The van der Waals surface area contributed by atoms with Crippen LogP contribution in [0.1, 0.15) is 32.6 Å². The molecule has 2 amide bonds. The summed E-state index contributed by atoms with van der Waals surface area (Å²) in [6, 6.07) is 7.52. The number of nitrogens with one attached hydrogen (secondary N) is 1. The highest BCUT2D eigenvalue weighted by Gasteiger charge is 2.26. The van der Waals surface area contributed by atoms with Crippen LogP contribution >= 0.6 is 0 Å². The summed E-state index contributed by atoms with van der Waals surface area (Å²) in [5, 5.41) is 12.6. The summed E-state index contributed by atoms with van der Waals surface area (Å²) in [6.07, 6.45) is 3.90. The average Bonchev–Trinajstić information content (AvgIpc) is 3.38. The number of nitrogens with zero attached hydrogens (tertiary/aromatic N) is 1. The van der Waals surface area contributed by atoms with E-state index in [2.05, 4.69) is 5.32 Å². The van der Waals surface area contributed by atoms with Crippen LogP contribution in [0.4, 0.5) is 10.5 Å². The van der Waals surface area contributed by atoms with Crippen molar-refractivity contribution in [1.82, 2.24) is 4.90 Å². The molecule has 1 saturated heterocycles. The number of likely N-dealkylation sites (tertiary alicyclic amines) is 1. The number of hydrogen-bond acceptors (Lipinski definition) is 3. The van der Waals surface area contributed by atoms with Gasteiger partial charge in [-0.2, -0.15) is 0 Å². The van der Waals surface area contributed by atoms with E-state index in [1.54, 1.807) is 0 Å². The molecule has 2 fully saturated rings. The number of anilines is 1. The molecular weight excluding hydrogens is 292 g/mol. The molecule has 126 valence electrons. The molecule has 1 atom stereocenters. The summed E-state index contributed by atoms with van der Waals surface area (Å²) in [4.78, 5) is 14.3. The fourth-order valence-corrected chi connectivity index (χ4v) is 2.97. The number of amides is 2. The lowest BCUT2D eigenvalue weighted by Crippen LogP contribution is -2.42. The third-order valence-electron chi connectivity index (χ3n) is 4.81. The SMILES string of the molecule is CC(O)C1CCN(C(=O)Nc2ccccc2OCC2CC2)CC1. The first kappa shape index (κ1) is 16.1. The van der Waals surface area contributed by atoms with Crippen molar-refractivity contribution in [2.24, 2.45) is 11.8 Å². The Balaban J connectivity index is 1.55. The molecule has 2 N–H and O–H groups in total. The Kier molecular flexibility index (Phi) is 5.06. The van der Waals surface area contributed by atoms with E-state index in [1.165, 1.54) is 12.8 Å². The molecule has 1 aliphatic heterocycles. The Morgan fingerprint density at radius 2 is 2.00 bits per heavy atom. The normalized spacial score (nSPS) is 20.2. The molecule has 1 saturated carbocycles. The van der Waals surface area contributed by atoms with Crippen molar-refractivity contribution in [3.63, 3.8) is 0 Å². The lowest BCUT2D eigenvalue weighted by Gasteiger charge is -2.33. The number of urea groups is 1. The van der Waals surface area contributed by atoms with Gasteiger partial charge in [0.1, 0.15) is 5.75 Å². The van der Waals surface area contributed by atoms with Crippen LogP contribution in [0.25, 0.3) is 0 Å². The zero-order chi connectivity index (χ0) is 16.2. The molecule has 2 aliphatic rings. The Labute approximate surface area is 137 Å². The lowest BCUT2D eigenvalue weighted by atomic mass is 9.92. The second-order valence-electron chi connectivity index (χ2n) is 6.75. The summed E-state index contributed by atoms with van der Waals surface area (Å²) >= 11 is 0. The van der Waals surface area contributed by atoms with Crippen molar-refractivity contribution in [2.45, 2.75) is 38.7 Å². The third-order valence-corrected chi connectivity index (χ3v) is 4.81. The molecule has 23 heavy (non-hydrogen) atoms. The van der Waals surface area contributed by atoms with Crippen LogP contribution in [0, 0.1) is 11.8 Å². The quantitative estimate of drug-likeness (QED) is 0.877. The first-order valence-corrected chi connectivity index (χ1v) is 8.59. The minimum absolute atomic E-state index is 0.0866. The number of piperidine rings is 1. The van der Waals surface area contributed by atoms with Gasteiger partial charge in [0.25, 0.3) is 0 Å². The summed E-state index contributed by atoms with van der Waals surface area (Å²) in [6.45, 7) is 3.93. The van der Waals surface area contributed by atoms with Gasteiger partial charge in [-0.3, -0.25) is 0 Å². The van der Waals surface area contributed by atoms with Crippen LogP contribution in [0.2, 0.25) is 0 Å². The standard InChI is InChI=1S/C18H26N2O3/c1-13(21)15-8-10-20(11-9-15)18(22)19-16-4-2-3-5-17(16)23-12-14-6-7-14/h2-5,13-15,21H,6-12H2,1H3,(H,19,22). The second kappa shape index (κ2) is 7.21. The van der Waals surface area contributed by atoms with Crippen LogP contribution < -0.4 is 10.1 Å². The number of aliphatic hydroxyl groups is 1. The molecule has 1 unspecified atom stereocenters. The first-order chi connectivity index (χ1) is 11.1. The zero-order valence-electron chi connectivity index (χ0n) is 13.7. The number of carbonyl (C=O) groups is 1. The van der Waals surface area contributed by atoms with Crippen molar-refractivity contribution in [3.05, 3.63) is 24.3 Å². The molecule has 1 aromatic rings. The Morgan fingerprint density at radius 3 is 2.65 bits per heavy atom. The van der Waals surface area contributed by atoms with E-state index in [0.717, 1.165) is 30.9 Å². The van der Waals surface area contributed by atoms with Crippen LogP contribution in [-0.4, -0.2) is 41.8 Å². The monoisotopic (exact) mass is 318 g/mol. The van der Waals surface area contributed by atoms with Crippen LogP contribution in [0.15, 0.2) is 24.3 Å². The fourth-order valence-electron chi connectivity index (χ4n) is 2.97. The van der Waals surface area contributed by atoms with Gasteiger partial charge in [-0.05, 0) is 56.6 Å². The zero-order valence-corrected chi connectivity index (χ0v) is 13.7. The van der Waals surface area contributed by atoms with E-state index in [0.29, 0.717) is 24.9 Å². The Hall–Kier alpha value is -1.75. The van der Waals surface area contributed by atoms with Crippen molar-refractivity contribution in [3.8, 4) is 5.75 Å². The van der Waals surface area contributed by atoms with Gasteiger partial charge in [-0.1, -0.05) is 12.1 Å². The van der Waals surface area contributed by atoms with Gasteiger partial charge in [0, 0.05) is 13.1 Å². The van der Waals surface area contributed by atoms with E-state index in [1.807, 2.05) is 36.1 Å². The molecule has 3 rings (SSSR count). The number of ether oxygens (including phenoxy) is 1. The molecule has 1 aromatic carbocycles. The highest BCUT2D eigenvalue weighted by atomic mass is 16.5. The van der Waals surface area contributed by atoms with E-state index in [4.69, 9.17) is 4.74 Å². The molecule has 1 aliphatic carbocycles. The maximum atomic E-state index is 12.4. The number of carbonyl (C=O) groups excluding carboxylic acids is 1. The predicted molar refractivity (Wildman–Crippen MR) is 89.7 cm³/mol. The summed E-state index contributed by atoms with van der Waals surface area (Å²) in [5.41, 5.74) is 0.732. The minimum atomic E-state index is -0.295. The highest BCUT2D eigenvalue weighted by molar-refractivity contribution is 5.91. The number of benzene rings is 1. The fraction of sp³-hybridized carbons (Fsp3) is 0.611. The molecule has 5 nitrogen and oxygen atoms in total. The number of rotatable bonds is 5. The van der Waals surface area contributed by atoms with E-state index < -0.39 is 0 Å². The van der Waals surface area contributed by atoms with E-state index in [9.17, 15) is 9.90 Å². The second-order valence-corrected chi connectivity index (χ2v) is 6.75. The number of hydrogen-bond donors (Lipinski definition) is 2. The van der Waals surface area contributed by atoms with Gasteiger partial charge in [-0.15, -0.1) is 0 Å². The van der Waals surface area contributed by atoms with Gasteiger partial charge in [0.15, 0.2) is 0 Å². The minimum Gasteiger partial charge on any atom is -0.491 e. The summed E-state index contributed by atoms with van der Waals surface area (Å²) in [7, 11) is 0. The largest absolute Gasteiger partial charge is 0.491 e. The molecule has 0 aromatic heterocycles. The molecule has 0 bridgehead atoms. The topological polar surface area (TPSA) is 61.8 Å². The average molecular weight is 318 g/mol. The van der Waals surface area contributed by atoms with Crippen LogP contribution in [0.3, 0.4) is 0 Å². The van der Waals surface area contributed by atoms with Crippen molar-refractivity contribution in [2.75, 3.05) is 25.0 Å².